The molecule has 2 aromatic carbocycles. The molecule has 0 saturated heterocycles. The van der Waals surface area contributed by atoms with Crippen LogP contribution in [0.5, 0.6) is 0 Å². The van der Waals surface area contributed by atoms with Crippen LogP contribution in [0.25, 0.3) is 0 Å². The zero-order chi connectivity index (χ0) is 21.5. The maximum atomic E-state index is 10.8. The number of nitrogens with zero attached hydrogens (tertiary/aromatic N) is 2. The van der Waals surface area contributed by atoms with Crippen molar-refractivity contribution in [3.63, 3.8) is 0 Å². The van der Waals surface area contributed by atoms with E-state index in [9.17, 15) is 9.59 Å². The second-order valence-electron chi connectivity index (χ2n) is 9.05. The maximum absolute atomic E-state index is 10.8. The highest BCUT2D eigenvalue weighted by atomic mass is 28.3. The highest BCUT2D eigenvalue weighted by molar-refractivity contribution is 7.04. The Morgan fingerprint density at radius 1 is 0.581 bits per heavy atom. The quantitative estimate of drug-likeness (QED) is 0.384. The zero-order valence-electron chi connectivity index (χ0n) is 18.0. The van der Waals surface area contributed by atoms with Gasteiger partial charge in [-0.2, -0.15) is 0 Å². The highest BCUT2D eigenvalue weighted by Crippen LogP contribution is 2.48. The molecule has 0 radical (unpaired) electrons. The van der Waals surface area contributed by atoms with Gasteiger partial charge in [-0.1, -0.05) is 96.7 Å². The van der Waals surface area contributed by atoms with Crippen molar-refractivity contribution in [2.24, 2.45) is 9.98 Å². The lowest BCUT2D eigenvalue weighted by Gasteiger charge is -2.49. The van der Waals surface area contributed by atoms with E-state index < -0.39 is 8.07 Å². The largest absolute Gasteiger partial charge is 0.235 e. The maximum Gasteiger partial charge on any atom is 0.235 e. The average Bonchev–Trinajstić information content (AvgIpc) is 2.83. The first-order valence-corrected chi connectivity index (χ1v) is 13.7. The summed E-state index contributed by atoms with van der Waals surface area (Å²) in [5, 5.41) is 3.04. The Labute approximate surface area is 185 Å². The topological polar surface area (TPSA) is 58.9 Å². The summed E-state index contributed by atoms with van der Waals surface area (Å²) in [5.41, 5.74) is 1.23. The van der Waals surface area contributed by atoms with Crippen LogP contribution in [0.1, 0.15) is 51.4 Å². The Morgan fingerprint density at radius 2 is 0.935 bits per heavy atom. The number of hydrogen-bond acceptors (Lipinski definition) is 4. The summed E-state index contributed by atoms with van der Waals surface area (Å²) >= 11 is 0. The summed E-state index contributed by atoms with van der Waals surface area (Å²) in [4.78, 5) is 29.7. The summed E-state index contributed by atoms with van der Waals surface area (Å²) in [5.74, 6) is 0. The fourth-order valence-electron chi connectivity index (χ4n) is 6.34. The molecule has 4 nitrogen and oxygen atoms in total. The van der Waals surface area contributed by atoms with Crippen LogP contribution in [0.3, 0.4) is 0 Å². The highest BCUT2D eigenvalue weighted by Gasteiger charge is 2.51. The second kappa shape index (κ2) is 10.1. The summed E-state index contributed by atoms with van der Waals surface area (Å²) in [6, 6.07) is 22.6. The molecule has 0 unspecified atom stereocenters. The van der Waals surface area contributed by atoms with E-state index in [0.29, 0.717) is 11.1 Å². The molecular weight excluding hydrogens is 400 g/mol. The van der Waals surface area contributed by atoms with Crippen molar-refractivity contribution < 1.29 is 9.59 Å². The van der Waals surface area contributed by atoms with E-state index in [1.165, 1.54) is 10.4 Å². The molecule has 4 rings (SSSR count). The predicted octanol–water partition coefficient (Wildman–Crippen LogP) is 4.55. The van der Waals surface area contributed by atoms with Crippen molar-refractivity contribution >= 4 is 30.6 Å². The summed E-state index contributed by atoms with van der Waals surface area (Å²) in [6.07, 6.45) is 11.9. The van der Waals surface area contributed by atoms with E-state index in [4.69, 9.17) is 0 Å². The van der Waals surface area contributed by atoms with Gasteiger partial charge in [0.2, 0.25) is 12.2 Å². The number of carbonyl (C=O) groups excluding carboxylic acids is 2. The lowest BCUT2D eigenvalue weighted by Crippen LogP contribution is -2.65. The van der Waals surface area contributed by atoms with Gasteiger partial charge in [0.15, 0.2) is 0 Å². The van der Waals surface area contributed by atoms with Gasteiger partial charge < -0.3 is 0 Å². The van der Waals surface area contributed by atoms with Gasteiger partial charge in [0.1, 0.15) is 8.07 Å². The van der Waals surface area contributed by atoms with Gasteiger partial charge in [-0.3, -0.25) is 0 Å². The van der Waals surface area contributed by atoms with Crippen LogP contribution >= 0.6 is 0 Å². The smallest absolute Gasteiger partial charge is 0.211 e. The molecule has 0 bridgehead atoms. The minimum absolute atomic E-state index is 0.129. The van der Waals surface area contributed by atoms with Gasteiger partial charge in [-0.15, -0.1) is 0 Å². The zero-order valence-corrected chi connectivity index (χ0v) is 19.0. The molecular formula is C26H30N2O2Si. The van der Waals surface area contributed by atoms with Crippen molar-refractivity contribution in [3.05, 3.63) is 60.7 Å². The lowest BCUT2D eigenvalue weighted by molar-refractivity contribution is 0.407. The van der Waals surface area contributed by atoms with E-state index in [-0.39, 0.29) is 12.1 Å². The first-order valence-electron chi connectivity index (χ1n) is 11.5. The van der Waals surface area contributed by atoms with Crippen molar-refractivity contribution in [2.75, 3.05) is 0 Å². The van der Waals surface area contributed by atoms with Crippen molar-refractivity contribution in [1.29, 1.82) is 0 Å². The Hall–Kier alpha value is -2.58. The molecule has 0 aliphatic heterocycles. The minimum atomic E-state index is -2.13. The molecule has 2 aliphatic carbocycles. The van der Waals surface area contributed by atoms with E-state index in [1.807, 2.05) is 0 Å². The Bertz CT molecular complexity index is 856. The van der Waals surface area contributed by atoms with Gasteiger partial charge in [-0.25, -0.2) is 19.6 Å². The molecule has 31 heavy (non-hydrogen) atoms. The summed E-state index contributed by atoms with van der Waals surface area (Å²) < 4.78 is 0. The molecule has 2 fully saturated rings. The minimum Gasteiger partial charge on any atom is -0.211 e. The van der Waals surface area contributed by atoms with Crippen molar-refractivity contribution in [1.82, 2.24) is 0 Å². The number of aliphatic imine (C=N–C) groups is 2. The normalized spacial score (nSPS) is 26.3. The molecule has 0 aromatic heterocycles. The van der Waals surface area contributed by atoms with Crippen LogP contribution in [0, 0.1) is 0 Å². The molecule has 0 heterocycles. The van der Waals surface area contributed by atoms with Crippen molar-refractivity contribution in [3.8, 4) is 0 Å². The molecule has 0 atom stereocenters. The summed E-state index contributed by atoms with van der Waals surface area (Å²) in [6.45, 7) is 0. The monoisotopic (exact) mass is 430 g/mol. The third-order valence-electron chi connectivity index (χ3n) is 7.65. The van der Waals surface area contributed by atoms with Crippen LogP contribution in [0.15, 0.2) is 70.6 Å². The van der Waals surface area contributed by atoms with Gasteiger partial charge >= 0.3 is 0 Å². The van der Waals surface area contributed by atoms with E-state index in [1.54, 1.807) is 12.2 Å². The molecule has 0 N–H and O–H groups in total. The molecule has 0 amide bonds. The Kier molecular flexibility index (Phi) is 7.09. The lowest BCUT2D eigenvalue weighted by atomic mass is 9.94. The molecule has 2 aliphatic rings. The predicted molar refractivity (Wildman–Crippen MR) is 126 cm³/mol. The SMILES string of the molecule is O=C=NC1CCC([Si](c2ccccc2)(c2ccccc2)C2CCC(N=C=O)CC2)CC1. The third kappa shape index (κ3) is 4.40. The number of isocyanates is 2. The fraction of sp³-hybridized carbons (Fsp3) is 0.462. The first-order chi connectivity index (χ1) is 15.3. The van der Waals surface area contributed by atoms with Crippen molar-refractivity contribution in [2.45, 2.75) is 74.5 Å². The molecule has 160 valence electrons. The van der Waals surface area contributed by atoms with Gasteiger partial charge in [0, 0.05) is 0 Å². The van der Waals surface area contributed by atoms with Crippen LogP contribution in [-0.2, 0) is 9.59 Å². The second-order valence-corrected chi connectivity index (χ2v) is 13.6. The average molecular weight is 431 g/mol. The van der Waals surface area contributed by atoms with E-state index in [2.05, 4.69) is 70.6 Å². The van der Waals surface area contributed by atoms with Crippen LogP contribution in [-0.4, -0.2) is 32.3 Å². The van der Waals surface area contributed by atoms with Gasteiger partial charge in [0.25, 0.3) is 0 Å². The van der Waals surface area contributed by atoms with E-state index >= 15 is 0 Å². The number of benzene rings is 2. The Balaban J connectivity index is 1.78. The first kappa shape index (κ1) is 21.6. The molecule has 2 aromatic rings. The molecule has 2 saturated carbocycles. The molecule has 5 heteroatoms. The van der Waals surface area contributed by atoms with Gasteiger partial charge in [0.05, 0.1) is 12.1 Å². The Morgan fingerprint density at radius 3 is 1.26 bits per heavy atom. The van der Waals surface area contributed by atoms with Crippen LogP contribution in [0.2, 0.25) is 11.1 Å². The van der Waals surface area contributed by atoms with Crippen LogP contribution in [0.4, 0.5) is 0 Å². The third-order valence-corrected chi connectivity index (χ3v) is 14.0. The number of hydrogen-bond donors (Lipinski definition) is 0. The van der Waals surface area contributed by atoms with Crippen LogP contribution < -0.4 is 10.4 Å². The number of rotatable bonds is 6. The fourth-order valence-corrected chi connectivity index (χ4v) is 13.2. The van der Waals surface area contributed by atoms with E-state index in [0.717, 1.165) is 51.4 Å². The van der Waals surface area contributed by atoms with Gasteiger partial charge in [-0.05, 0) is 36.8 Å². The standard InChI is InChI=1S/C26H30N2O2Si/c29-19-27-21-11-15-25(16-12-21)31(23-7-3-1-4-8-23,24-9-5-2-6-10-24)26-17-13-22(14-18-26)28-20-30/h1-10,21-22,25-26H,11-18H2. The summed E-state index contributed by atoms with van der Waals surface area (Å²) in [7, 11) is -2.13. The molecule has 0 spiro atoms.